The molecule has 2 amide bonds. The predicted molar refractivity (Wildman–Crippen MR) is 132 cm³/mol. The lowest BCUT2D eigenvalue weighted by molar-refractivity contribution is -0.118. The molecule has 0 unspecified atom stereocenters. The van der Waals surface area contributed by atoms with Crippen LogP contribution in [0.1, 0.15) is 48.5 Å². The molecule has 0 heterocycles. The van der Waals surface area contributed by atoms with Gasteiger partial charge in [0.15, 0.2) is 11.5 Å². The van der Waals surface area contributed by atoms with E-state index in [0.29, 0.717) is 35.9 Å². The van der Waals surface area contributed by atoms with Crippen LogP contribution >= 0.6 is 11.8 Å². The lowest BCUT2D eigenvalue weighted by atomic mass is 9.86. The lowest BCUT2D eigenvalue weighted by Gasteiger charge is -2.29. The van der Waals surface area contributed by atoms with Gasteiger partial charge in [-0.15, -0.1) is 11.8 Å². The lowest BCUT2D eigenvalue weighted by Crippen LogP contribution is -2.41. The second-order valence-corrected chi connectivity index (χ2v) is 9.43. The highest BCUT2D eigenvalue weighted by molar-refractivity contribution is 8.00. The third-order valence-electron chi connectivity index (χ3n) is 6.10. The van der Waals surface area contributed by atoms with Gasteiger partial charge in [-0.3, -0.25) is 9.59 Å². The second-order valence-electron chi connectivity index (χ2n) is 8.42. The maximum Gasteiger partial charge on any atom is 0.252 e. The summed E-state index contributed by atoms with van der Waals surface area (Å²) in [6, 6.07) is 13.5. The summed E-state index contributed by atoms with van der Waals surface area (Å²) in [6.07, 6.45) is 5.28. The number of carbonyl (C=O) groups is 2. The van der Waals surface area contributed by atoms with Crippen molar-refractivity contribution < 1.29 is 19.1 Å². The highest BCUT2D eigenvalue weighted by Gasteiger charge is 2.24. The van der Waals surface area contributed by atoms with Crippen molar-refractivity contribution in [3.05, 3.63) is 53.6 Å². The van der Waals surface area contributed by atoms with Crippen molar-refractivity contribution in [2.45, 2.75) is 50.0 Å². The molecule has 0 bridgehead atoms. The highest BCUT2D eigenvalue weighted by atomic mass is 32.2. The number of methoxy groups -OCH3 is 2. The Morgan fingerprint density at radius 1 is 1.03 bits per heavy atom. The molecular formula is C26H34N2O4S. The van der Waals surface area contributed by atoms with Crippen molar-refractivity contribution in [1.29, 1.82) is 0 Å². The minimum atomic E-state index is -0.0587. The number of hydrogen-bond donors (Lipinski definition) is 2. The molecule has 6 nitrogen and oxygen atoms in total. The first-order chi connectivity index (χ1) is 16.0. The minimum absolute atomic E-state index is 0.0503. The van der Waals surface area contributed by atoms with Crippen molar-refractivity contribution in [2.75, 3.05) is 26.5 Å². The maximum atomic E-state index is 12.9. The van der Waals surface area contributed by atoms with Crippen LogP contribution in [0, 0.1) is 5.92 Å². The molecule has 33 heavy (non-hydrogen) atoms. The first-order valence-corrected chi connectivity index (χ1v) is 12.5. The summed E-state index contributed by atoms with van der Waals surface area (Å²) in [4.78, 5) is 26.1. The van der Waals surface area contributed by atoms with E-state index in [0.717, 1.165) is 29.7 Å². The van der Waals surface area contributed by atoms with E-state index in [2.05, 4.69) is 17.6 Å². The molecule has 1 aliphatic carbocycles. The standard InChI is InChI=1S/C26H34N2O4S/c1-18-8-4-6-10-21(18)28-26(30)20-9-5-7-11-24(20)33-17-25(29)27-15-14-19-12-13-22(31-2)23(16-19)32-3/h5,7,9,11-13,16,18,21H,4,6,8,10,14-15,17H2,1-3H3,(H,27,29)(H,28,30)/t18-,21+/m1/s1. The number of carbonyl (C=O) groups excluding carboxylic acids is 2. The van der Waals surface area contributed by atoms with Crippen molar-refractivity contribution in [3.8, 4) is 11.5 Å². The van der Waals surface area contributed by atoms with Crippen LogP contribution in [0.4, 0.5) is 0 Å². The fourth-order valence-electron chi connectivity index (χ4n) is 4.13. The molecule has 2 aromatic carbocycles. The van der Waals surface area contributed by atoms with Gasteiger partial charge in [0, 0.05) is 17.5 Å². The molecule has 3 rings (SSSR count). The smallest absolute Gasteiger partial charge is 0.252 e. The van der Waals surface area contributed by atoms with Crippen molar-refractivity contribution in [3.63, 3.8) is 0 Å². The molecular weight excluding hydrogens is 436 g/mol. The van der Waals surface area contributed by atoms with Crippen LogP contribution in [-0.2, 0) is 11.2 Å². The van der Waals surface area contributed by atoms with E-state index in [-0.39, 0.29) is 23.6 Å². The van der Waals surface area contributed by atoms with Crippen molar-refractivity contribution in [1.82, 2.24) is 10.6 Å². The summed E-state index contributed by atoms with van der Waals surface area (Å²) >= 11 is 1.39. The third-order valence-corrected chi connectivity index (χ3v) is 7.18. The summed E-state index contributed by atoms with van der Waals surface area (Å²) in [7, 11) is 3.21. The van der Waals surface area contributed by atoms with Crippen LogP contribution < -0.4 is 20.1 Å². The Bertz CT molecular complexity index is 950. The molecule has 2 atom stereocenters. The summed E-state index contributed by atoms with van der Waals surface area (Å²) in [5, 5.41) is 6.17. The molecule has 2 N–H and O–H groups in total. The van der Waals surface area contributed by atoms with Crippen LogP contribution in [0.5, 0.6) is 11.5 Å². The fraction of sp³-hybridized carbons (Fsp3) is 0.462. The van der Waals surface area contributed by atoms with Crippen LogP contribution in [0.25, 0.3) is 0 Å². The summed E-state index contributed by atoms with van der Waals surface area (Å²) in [6.45, 7) is 2.73. The van der Waals surface area contributed by atoms with Gasteiger partial charge in [-0.05, 0) is 55.0 Å². The van der Waals surface area contributed by atoms with E-state index in [1.807, 2.05) is 42.5 Å². The van der Waals surface area contributed by atoms with E-state index >= 15 is 0 Å². The van der Waals surface area contributed by atoms with Crippen LogP contribution in [0.3, 0.4) is 0 Å². The molecule has 0 aromatic heterocycles. The Morgan fingerprint density at radius 3 is 2.55 bits per heavy atom. The van der Waals surface area contributed by atoms with Crippen LogP contribution in [-0.4, -0.2) is 44.4 Å². The van der Waals surface area contributed by atoms with Crippen LogP contribution in [0.2, 0.25) is 0 Å². The van der Waals surface area contributed by atoms with Gasteiger partial charge in [0.2, 0.25) is 5.91 Å². The van der Waals surface area contributed by atoms with Crippen LogP contribution in [0.15, 0.2) is 47.4 Å². The third kappa shape index (κ3) is 7.16. The van der Waals surface area contributed by atoms with Crippen molar-refractivity contribution in [2.24, 2.45) is 5.92 Å². The fourth-order valence-corrected chi connectivity index (χ4v) is 5.01. The minimum Gasteiger partial charge on any atom is -0.493 e. The van der Waals surface area contributed by atoms with Gasteiger partial charge in [-0.2, -0.15) is 0 Å². The topological polar surface area (TPSA) is 76.7 Å². The predicted octanol–water partition coefficient (Wildman–Crippen LogP) is 4.46. The van der Waals surface area contributed by atoms with Gasteiger partial charge in [0.1, 0.15) is 0 Å². The summed E-state index contributed by atoms with van der Waals surface area (Å²) in [5.74, 6) is 2.01. The van der Waals surface area contributed by atoms with Gasteiger partial charge < -0.3 is 20.1 Å². The molecule has 7 heteroatoms. The number of nitrogens with one attached hydrogen (secondary N) is 2. The quantitative estimate of drug-likeness (QED) is 0.501. The molecule has 1 saturated carbocycles. The number of rotatable bonds is 10. The molecule has 0 saturated heterocycles. The van der Waals surface area contributed by atoms with Gasteiger partial charge in [0.25, 0.3) is 5.91 Å². The monoisotopic (exact) mass is 470 g/mol. The largest absolute Gasteiger partial charge is 0.493 e. The Balaban J connectivity index is 1.49. The number of benzene rings is 2. The van der Waals surface area contributed by atoms with Gasteiger partial charge >= 0.3 is 0 Å². The van der Waals surface area contributed by atoms with E-state index in [1.165, 1.54) is 18.2 Å². The Labute approximate surface area is 200 Å². The van der Waals surface area contributed by atoms with E-state index in [9.17, 15) is 9.59 Å². The van der Waals surface area contributed by atoms with Crippen molar-refractivity contribution >= 4 is 23.6 Å². The Hall–Kier alpha value is -2.67. The SMILES string of the molecule is COc1ccc(CCNC(=O)CSc2ccccc2C(=O)N[C@H]2CCCC[C@H]2C)cc1OC. The Morgan fingerprint density at radius 2 is 1.79 bits per heavy atom. The van der Waals surface area contributed by atoms with Gasteiger partial charge in [0.05, 0.1) is 25.5 Å². The van der Waals surface area contributed by atoms with E-state index in [4.69, 9.17) is 9.47 Å². The molecule has 0 spiro atoms. The number of thioether (sulfide) groups is 1. The molecule has 0 radical (unpaired) electrons. The zero-order valence-electron chi connectivity index (χ0n) is 19.7. The first-order valence-electron chi connectivity index (χ1n) is 11.5. The average Bonchev–Trinajstić information content (AvgIpc) is 2.84. The summed E-state index contributed by atoms with van der Waals surface area (Å²) < 4.78 is 10.6. The van der Waals surface area contributed by atoms with Gasteiger partial charge in [-0.25, -0.2) is 0 Å². The average molecular weight is 471 g/mol. The molecule has 2 aromatic rings. The first kappa shape index (κ1) is 25.0. The number of ether oxygens (including phenoxy) is 2. The van der Waals surface area contributed by atoms with E-state index < -0.39 is 0 Å². The normalized spacial score (nSPS) is 17.8. The molecule has 1 fully saturated rings. The number of amides is 2. The zero-order chi connectivity index (χ0) is 23.6. The van der Waals surface area contributed by atoms with Gasteiger partial charge in [-0.1, -0.05) is 38.0 Å². The second kappa shape index (κ2) is 12.5. The molecule has 0 aliphatic heterocycles. The zero-order valence-corrected chi connectivity index (χ0v) is 20.5. The molecule has 1 aliphatic rings. The molecule has 178 valence electrons. The van der Waals surface area contributed by atoms with E-state index in [1.54, 1.807) is 14.2 Å². The highest BCUT2D eigenvalue weighted by Crippen LogP contribution is 2.28. The number of hydrogen-bond acceptors (Lipinski definition) is 5. The Kier molecular flexibility index (Phi) is 9.48. The summed E-state index contributed by atoms with van der Waals surface area (Å²) in [5.41, 5.74) is 1.69. The maximum absolute atomic E-state index is 12.9.